The molecule has 0 aliphatic heterocycles. The Kier molecular flexibility index (Phi) is 19.4. The van der Waals surface area contributed by atoms with Gasteiger partial charge in [0.05, 0.1) is 40.7 Å². The third kappa shape index (κ3) is 14.1. The fourth-order valence-corrected chi connectivity index (χ4v) is 8.14. The number of nitrogens with zero attached hydrogens (tertiary/aromatic N) is 3. The lowest BCUT2D eigenvalue weighted by molar-refractivity contribution is -0.123. The number of carbonyl (C=O) groups excluding carboxylic acids is 1. The highest BCUT2D eigenvalue weighted by Gasteiger charge is 2.24. The molecule has 0 fully saturated rings. The largest absolute Gasteiger partial charge is 0.508 e. The van der Waals surface area contributed by atoms with Crippen molar-refractivity contribution in [3.05, 3.63) is 103 Å². The number of carbonyl (C=O) groups is 1. The second kappa shape index (κ2) is 24.8. The highest BCUT2D eigenvalue weighted by atomic mass is 35.5. The third-order valence-corrected chi connectivity index (χ3v) is 11.6. The van der Waals surface area contributed by atoms with Crippen LogP contribution in [-0.2, 0) is 11.2 Å². The average Bonchev–Trinajstić information content (AvgIpc) is 3.56. The number of aryl methyl sites for hydroxylation is 1. The van der Waals surface area contributed by atoms with Crippen LogP contribution in [0, 0.1) is 0 Å². The Morgan fingerprint density at radius 3 is 2.10 bits per heavy atom. The first-order chi connectivity index (χ1) is 30.5. The van der Waals surface area contributed by atoms with Gasteiger partial charge < -0.3 is 30.0 Å². The first kappa shape index (κ1) is 49.1. The molecule has 1 unspecified atom stereocenters. The second-order valence-corrected chi connectivity index (χ2v) is 16.9. The highest BCUT2D eigenvalue weighted by Crippen LogP contribution is 2.37. The number of phenols is 1. The predicted octanol–water partition coefficient (Wildman–Crippen LogP) is 14.7. The molecule has 4 N–H and O–H groups in total. The summed E-state index contributed by atoms with van der Waals surface area (Å²) in [4.78, 5) is 28.1. The van der Waals surface area contributed by atoms with Crippen LogP contribution in [0.3, 0.4) is 0 Å². The number of amides is 1. The lowest BCUT2D eigenvalue weighted by Gasteiger charge is -2.20. The molecule has 4 aromatic carbocycles. The molecule has 1 heterocycles. The number of aromatic nitrogens is 2. The number of ether oxygens (including phenoxy) is 3. The standard InChI is InChI=1S/C47H56Cl4N6O6/c1-5-7-9-10-11-12-13-14-15-16-18-41(63-34-21-23-39(58)30(25-34)17-8-6-2)46(59)52-32-19-22-35(49)38(28-32)53-45-43(55-54-33-20-24-40(61-3)42(29-33)62-4)47(60)57(56-45)44-36(50)26-31(48)27-37(44)51/h19-29,41,53,56,58H,5-18H2,1-4H3,(H,52,59). The Morgan fingerprint density at radius 1 is 0.762 bits per heavy atom. The van der Waals surface area contributed by atoms with Gasteiger partial charge in [-0.05, 0) is 91.9 Å². The molecule has 0 saturated carbocycles. The van der Waals surface area contributed by atoms with Crippen molar-refractivity contribution < 1.29 is 24.1 Å². The van der Waals surface area contributed by atoms with Crippen molar-refractivity contribution in [3.63, 3.8) is 0 Å². The van der Waals surface area contributed by atoms with E-state index in [0.717, 1.165) is 48.8 Å². The van der Waals surface area contributed by atoms with E-state index in [1.807, 2.05) is 6.07 Å². The zero-order valence-electron chi connectivity index (χ0n) is 36.2. The molecule has 5 rings (SSSR count). The van der Waals surface area contributed by atoms with E-state index in [9.17, 15) is 14.7 Å². The van der Waals surface area contributed by atoms with Gasteiger partial charge in [-0.2, -0.15) is 5.11 Å². The molecular formula is C47H56Cl4N6O6. The van der Waals surface area contributed by atoms with Gasteiger partial charge in [0, 0.05) is 16.8 Å². The van der Waals surface area contributed by atoms with Crippen LogP contribution in [0.25, 0.3) is 5.69 Å². The fourth-order valence-electron chi connectivity index (χ4n) is 6.99. The van der Waals surface area contributed by atoms with E-state index < -0.39 is 11.7 Å². The van der Waals surface area contributed by atoms with Gasteiger partial charge in [-0.1, -0.05) is 124 Å². The quantitative estimate of drug-likeness (QED) is 0.0336. The number of halogens is 4. The lowest BCUT2D eigenvalue weighted by Crippen LogP contribution is -2.33. The van der Waals surface area contributed by atoms with E-state index >= 15 is 0 Å². The van der Waals surface area contributed by atoms with Crippen LogP contribution in [-0.4, -0.2) is 41.1 Å². The summed E-state index contributed by atoms with van der Waals surface area (Å²) in [6, 6.07) is 17.9. The van der Waals surface area contributed by atoms with Gasteiger partial charge in [-0.3, -0.25) is 14.7 Å². The van der Waals surface area contributed by atoms with Crippen molar-refractivity contribution in [2.24, 2.45) is 10.2 Å². The number of rotatable bonds is 25. The third-order valence-electron chi connectivity index (χ3n) is 10.4. The summed E-state index contributed by atoms with van der Waals surface area (Å²) in [5.74, 6) is 1.36. The van der Waals surface area contributed by atoms with Crippen LogP contribution in [0.2, 0.25) is 20.1 Å². The van der Waals surface area contributed by atoms with Crippen molar-refractivity contribution in [3.8, 4) is 28.7 Å². The van der Waals surface area contributed by atoms with Crippen molar-refractivity contribution in [1.82, 2.24) is 9.78 Å². The molecular weight excluding hydrogens is 886 g/mol. The average molecular weight is 943 g/mol. The number of aromatic amines is 1. The number of methoxy groups -OCH3 is 2. The van der Waals surface area contributed by atoms with Crippen LogP contribution in [0.4, 0.5) is 28.6 Å². The minimum Gasteiger partial charge on any atom is -0.508 e. The first-order valence-corrected chi connectivity index (χ1v) is 23.0. The summed E-state index contributed by atoms with van der Waals surface area (Å²) in [6.07, 6.45) is 13.9. The van der Waals surface area contributed by atoms with Crippen LogP contribution in [0.1, 0.15) is 103 Å². The maximum Gasteiger partial charge on any atom is 0.301 e. The summed E-state index contributed by atoms with van der Waals surface area (Å²) in [5.41, 5.74) is 1.23. The van der Waals surface area contributed by atoms with E-state index in [1.54, 1.807) is 48.5 Å². The number of H-pyrrole nitrogens is 1. The van der Waals surface area contributed by atoms with Gasteiger partial charge in [0.2, 0.25) is 0 Å². The smallest absolute Gasteiger partial charge is 0.301 e. The number of benzene rings is 4. The van der Waals surface area contributed by atoms with E-state index in [-0.39, 0.29) is 48.9 Å². The normalized spacial score (nSPS) is 11.8. The molecule has 1 amide bonds. The molecule has 0 saturated heterocycles. The van der Waals surface area contributed by atoms with Crippen molar-refractivity contribution in [1.29, 1.82) is 0 Å². The van der Waals surface area contributed by atoms with Gasteiger partial charge in [-0.15, -0.1) is 5.11 Å². The lowest BCUT2D eigenvalue weighted by atomic mass is 10.0. The number of anilines is 3. The van der Waals surface area contributed by atoms with Crippen LogP contribution in [0.15, 0.2) is 81.8 Å². The molecule has 1 atom stereocenters. The first-order valence-electron chi connectivity index (χ1n) is 21.5. The predicted molar refractivity (Wildman–Crippen MR) is 256 cm³/mol. The van der Waals surface area contributed by atoms with E-state index in [2.05, 4.69) is 39.8 Å². The summed E-state index contributed by atoms with van der Waals surface area (Å²) < 4.78 is 18.2. The molecule has 0 radical (unpaired) electrons. The molecule has 0 spiro atoms. The minimum atomic E-state index is -0.822. The molecule has 338 valence electrons. The number of phenolic OH excluding ortho intramolecular Hbond substituents is 1. The Bertz CT molecular complexity index is 2360. The SMILES string of the molecule is CCCCCCCCCCCCC(Oc1ccc(O)c(CCCC)c1)C(=O)Nc1ccc(Cl)c(Nc2[nH]n(-c3c(Cl)cc(Cl)cc3Cl)c(=O)c2N=Nc2ccc(OC)c(OC)c2)c1. The number of nitrogens with one attached hydrogen (secondary N) is 3. The Morgan fingerprint density at radius 2 is 1.43 bits per heavy atom. The topological polar surface area (TPSA) is 152 Å². The second-order valence-electron chi connectivity index (χ2n) is 15.2. The molecule has 5 aromatic rings. The van der Waals surface area contributed by atoms with Crippen molar-refractivity contribution in [2.75, 3.05) is 24.9 Å². The molecule has 16 heteroatoms. The number of hydrogen-bond donors (Lipinski definition) is 4. The Hall–Kier alpha value is -4.88. The van der Waals surface area contributed by atoms with Crippen LogP contribution in [0.5, 0.6) is 23.0 Å². The number of hydrogen-bond acceptors (Lipinski definition) is 9. The summed E-state index contributed by atoms with van der Waals surface area (Å²) in [5, 5.41) is 29.1. The van der Waals surface area contributed by atoms with Gasteiger partial charge in [-0.25, -0.2) is 4.68 Å². The molecule has 0 aliphatic rings. The van der Waals surface area contributed by atoms with Crippen molar-refractivity contribution >= 4 is 80.9 Å². The molecule has 63 heavy (non-hydrogen) atoms. The van der Waals surface area contributed by atoms with E-state index in [4.69, 9.17) is 60.6 Å². The van der Waals surface area contributed by atoms with Crippen LogP contribution < -0.4 is 30.4 Å². The number of azo groups is 1. The Labute approximate surface area is 389 Å². The zero-order valence-corrected chi connectivity index (χ0v) is 39.2. The fraction of sp³-hybridized carbons (Fsp3) is 0.404. The Balaban J connectivity index is 1.40. The van der Waals surface area contributed by atoms with Gasteiger partial charge in [0.1, 0.15) is 17.2 Å². The molecule has 0 aliphatic carbocycles. The van der Waals surface area contributed by atoms with Crippen molar-refractivity contribution in [2.45, 2.75) is 110 Å². The highest BCUT2D eigenvalue weighted by molar-refractivity contribution is 6.40. The zero-order chi connectivity index (χ0) is 45.3. The van der Waals surface area contributed by atoms with E-state index in [0.29, 0.717) is 47.2 Å². The maximum absolute atomic E-state index is 14.1. The summed E-state index contributed by atoms with van der Waals surface area (Å²) >= 11 is 26.0. The number of unbranched alkanes of at least 4 members (excludes halogenated alkanes) is 10. The van der Waals surface area contributed by atoms with E-state index in [1.165, 1.54) is 64.9 Å². The molecule has 12 nitrogen and oxygen atoms in total. The van der Waals surface area contributed by atoms with Gasteiger partial charge in [0.15, 0.2) is 29.1 Å². The number of aromatic hydroxyl groups is 1. The van der Waals surface area contributed by atoms with Gasteiger partial charge in [0.25, 0.3) is 5.91 Å². The maximum atomic E-state index is 14.1. The minimum absolute atomic E-state index is 0.0880. The van der Waals surface area contributed by atoms with Gasteiger partial charge >= 0.3 is 5.56 Å². The summed E-state index contributed by atoms with van der Waals surface area (Å²) in [6.45, 7) is 4.32. The summed E-state index contributed by atoms with van der Waals surface area (Å²) in [7, 11) is 3.02. The monoisotopic (exact) mass is 940 g/mol. The molecule has 1 aromatic heterocycles. The molecule has 0 bridgehead atoms. The van der Waals surface area contributed by atoms with Crippen LogP contribution >= 0.6 is 46.4 Å².